The van der Waals surface area contributed by atoms with Gasteiger partial charge in [-0.3, -0.25) is 4.98 Å². The molecule has 0 radical (unpaired) electrons. The molecule has 170 valence electrons. The summed E-state index contributed by atoms with van der Waals surface area (Å²) in [5, 5.41) is 0. The molecule has 5 aromatic rings. The van der Waals surface area contributed by atoms with E-state index in [-0.39, 0.29) is 0 Å². The van der Waals surface area contributed by atoms with Crippen LogP contribution in [0.15, 0.2) is 115 Å². The van der Waals surface area contributed by atoms with Gasteiger partial charge < -0.3 is 9.80 Å². The highest BCUT2D eigenvalue weighted by molar-refractivity contribution is 5.98. The molecule has 0 fully saturated rings. The summed E-state index contributed by atoms with van der Waals surface area (Å²) < 4.78 is 0. The second-order valence-electron chi connectivity index (χ2n) is 8.98. The first-order chi connectivity index (χ1) is 17.2. The molecule has 3 heteroatoms. The zero-order valence-corrected chi connectivity index (χ0v) is 20.0. The van der Waals surface area contributed by atoms with Gasteiger partial charge >= 0.3 is 0 Å². The summed E-state index contributed by atoms with van der Waals surface area (Å²) in [6.07, 6.45) is 1.89. The van der Waals surface area contributed by atoms with Crippen molar-refractivity contribution in [2.75, 3.05) is 16.5 Å². The maximum atomic E-state index is 4.63. The Bertz CT molecular complexity index is 1410. The van der Waals surface area contributed by atoms with Crippen molar-refractivity contribution < 1.29 is 0 Å². The van der Waals surface area contributed by atoms with Crippen LogP contribution in [0.2, 0.25) is 0 Å². The van der Waals surface area contributed by atoms with E-state index in [4.69, 9.17) is 0 Å². The first-order valence-corrected chi connectivity index (χ1v) is 12.0. The lowest BCUT2D eigenvalue weighted by Crippen LogP contribution is -2.26. The Hall–Kier alpha value is -4.37. The van der Waals surface area contributed by atoms with Gasteiger partial charge in [-0.15, -0.1) is 0 Å². The average Bonchev–Trinajstić information content (AvgIpc) is 3.28. The number of hydrogen-bond acceptors (Lipinski definition) is 3. The van der Waals surface area contributed by atoms with E-state index in [0.717, 1.165) is 12.4 Å². The smallest absolute Gasteiger partial charge is 0.100 e. The predicted molar refractivity (Wildman–Crippen MR) is 147 cm³/mol. The zero-order chi connectivity index (χ0) is 23.8. The molecule has 0 spiro atoms. The first-order valence-electron chi connectivity index (χ1n) is 12.0. The van der Waals surface area contributed by atoms with Crippen molar-refractivity contribution >= 4 is 22.7 Å². The van der Waals surface area contributed by atoms with Gasteiger partial charge in [-0.2, -0.15) is 0 Å². The molecule has 0 bridgehead atoms. The number of fused-ring (bicyclic) bond motifs is 1. The van der Waals surface area contributed by atoms with Gasteiger partial charge in [0.25, 0.3) is 0 Å². The van der Waals surface area contributed by atoms with Crippen LogP contribution in [0.5, 0.6) is 0 Å². The van der Waals surface area contributed by atoms with E-state index in [9.17, 15) is 0 Å². The van der Waals surface area contributed by atoms with Crippen molar-refractivity contribution in [2.24, 2.45) is 0 Å². The molecule has 0 saturated heterocycles. The van der Waals surface area contributed by atoms with Gasteiger partial charge in [0.05, 0.1) is 28.4 Å². The van der Waals surface area contributed by atoms with E-state index in [1.54, 1.807) is 0 Å². The van der Waals surface area contributed by atoms with Gasteiger partial charge in [-0.1, -0.05) is 91.0 Å². The van der Waals surface area contributed by atoms with Crippen molar-refractivity contribution in [3.8, 4) is 22.3 Å². The minimum absolute atomic E-state index is 0.719. The number of nitrogens with zero attached hydrogens (tertiary/aromatic N) is 3. The third-order valence-corrected chi connectivity index (χ3v) is 6.80. The molecule has 2 heterocycles. The Morgan fingerprint density at radius 1 is 0.543 bits per heavy atom. The fourth-order valence-electron chi connectivity index (χ4n) is 5.23. The van der Waals surface area contributed by atoms with Crippen molar-refractivity contribution in [3.63, 3.8) is 0 Å². The van der Waals surface area contributed by atoms with Gasteiger partial charge in [0.1, 0.15) is 6.67 Å². The number of hydrogen-bond donors (Lipinski definition) is 0. The zero-order valence-electron chi connectivity index (χ0n) is 20.0. The van der Waals surface area contributed by atoms with Crippen LogP contribution in [-0.4, -0.2) is 11.7 Å². The molecule has 0 amide bonds. The van der Waals surface area contributed by atoms with Gasteiger partial charge in [0, 0.05) is 17.3 Å². The normalized spacial score (nSPS) is 12.6. The van der Waals surface area contributed by atoms with E-state index < -0.39 is 0 Å². The Balaban J connectivity index is 1.60. The quantitative estimate of drug-likeness (QED) is 0.273. The van der Waals surface area contributed by atoms with Gasteiger partial charge in [-0.05, 0) is 48.7 Å². The lowest BCUT2D eigenvalue weighted by atomic mass is 9.95. The highest BCUT2D eigenvalue weighted by Crippen LogP contribution is 2.50. The van der Waals surface area contributed by atoms with Crippen LogP contribution in [0.25, 0.3) is 22.3 Å². The van der Waals surface area contributed by atoms with Crippen LogP contribution in [0.3, 0.4) is 0 Å². The minimum Gasteiger partial charge on any atom is -0.320 e. The molecule has 6 rings (SSSR count). The molecular weight excluding hydrogens is 426 g/mol. The van der Waals surface area contributed by atoms with Crippen molar-refractivity contribution in [1.29, 1.82) is 0 Å². The summed E-state index contributed by atoms with van der Waals surface area (Å²) >= 11 is 0. The summed E-state index contributed by atoms with van der Waals surface area (Å²) in [5.74, 6) is 0. The maximum Gasteiger partial charge on any atom is 0.100 e. The summed E-state index contributed by atoms with van der Waals surface area (Å²) in [6.45, 7) is 4.99. The summed E-state index contributed by atoms with van der Waals surface area (Å²) in [4.78, 5) is 9.50. The van der Waals surface area contributed by atoms with Gasteiger partial charge in [0.2, 0.25) is 0 Å². The van der Waals surface area contributed by atoms with Crippen molar-refractivity contribution in [2.45, 2.75) is 13.8 Å². The largest absolute Gasteiger partial charge is 0.320 e. The number of pyridine rings is 1. The monoisotopic (exact) mass is 453 g/mol. The number of anilines is 4. The summed E-state index contributed by atoms with van der Waals surface area (Å²) in [5.41, 5.74) is 12.0. The molecule has 1 aliphatic rings. The second kappa shape index (κ2) is 8.77. The molecule has 0 atom stereocenters. The first kappa shape index (κ1) is 21.2. The van der Waals surface area contributed by atoms with Crippen LogP contribution in [-0.2, 0) is 0 Å². The minimum atomic E-state index is 0.719. The summed E-state index contributed by atoms with van der Waals surface area (Å²) in [7, 11) is 0. The number of para-hydroxylation sites is 3. The fourth-order valence-corrected chi connectivity index (χ4v) is 5.23. The van der Waals surface area contributed by atoms with Crippen LogP contribution >= 0.6 is 0 Å². The third kappa shape index (κ3) is 3.66. The van der Waals surface area contributed by atoms with E-state index in [1.165, 1.54) is 50.6 Å². The van der Waals surface area contributed by atoms with Crippen LogP contribution in [0, 0.1) is 13.8 Å². The molecule has 3 nitrogen and oxygen atoms in total. The second-order valence-corrected chi connectivity index (χ2v) is 8.98. The summed E-state index contributed by atoms with van der Waals surface area (Å²) in [6, 6.07) is 38.8. The lowest BCUT2D eigenvalue weighted by Gasteiger charge is -2.28. The number of aryl methyl sites for hydroxylation is 2. The third-order valence-electron chi connectivity index (χ3n) is 6.80. The molecule has 4 aromatic carbocycles. The SMILES string of the molecule is Cc1ccnc(C)c1N1CN(c2c(-c3ccccc3)cccc2-c2ccccc2)c2ccccc21. The van der Waals surface area contributed by atoms with E-state index in [2.05, 4.69) is 138 Å². The Morgan fingerprint density at radius 3 is 1.60 bits per heavy atom. The van der Waals surface area contributed by atoms with Crippen molar-refractivity contribution in [3.05, 3.63) is 127 Å². The molecule has 0 aliphatic carbocycles. The fraction of sp³-hybridized carbons (Fsp3) is 0.0938. The number of rotatable bonds is 4. The number of benzene rings is 4. The molecule has 0 saturated carbocycles. The molecule has 1 aliphatic heterocycles. The lowest BCUT2D eigenvalue weighted by molar-refractivity contribution is 0.969. The predicted octanol–water partition coefficient (Wildman–Crippen LogP) is 8.28. The molecule has 35 heavy (non-hydrogen) atoms. The van der Waals surface area contributed by atoms with Crippen LogP contribution in [0.1, 0.15) is 11.3 Å². The standard InChI is InChI=1S/C32H27N3/c1-23-20-21-33-24(2)31(23)34-22-35(30-19-10-9-18-29(30)34)32-27(25-12-5-3-6-13-25)16-11-17-28(32)26-14-7-4-8-15-26/h3-21H,22H2,1-2H3. The molecule has 0 N–H and O–H groups in total. The average molecular weight is 454 g/mol. The molecule has 0 unspecified atom stereocenters. The number of aromatic nitrogens is 1. The molecule has 1 aromatic heterocycles. The topological polar surface area (TPSA) is 19.4 Å². The molecular formula is C32H27N3. The van der Waals surface area contributed by atoms with E-state index >= 15 is 0 Å². The van der Waals surface area contributed by atoms with Gasteiger partial charge in [0.15, 0.2) is 0 Å². The highest BCUT2D eigenvalue weighted by Gasteiger charge is 2.32. The van der Waals surface area contributed by atoms with Crippen LogP contribution < -0.4 is 9.80 Å². The van der Waals surface area contributed by atoms with Crippen molar-refractivity contribution in [1.82, 2.24) is 4.98 Å². The Labute approximate surface area is 206 Å². The Morgan fingerprint density at radius 2 is 1.06 bits per heavy atom. The Kier molecular flexibility index (Phi) is 5.31. The maximum absolute atomic E-state index is 4.63. The van der Waals surface area contributed by atoms with E-state index in [1.807, 2.05) is 6.20 Å². The highest BCUT2D eigenvalue weighted by atomic mass is 15.4. The van der Waals surface area contributed by atoms with Gasteiger partial charge in [-0.25, -0.2) is 0 Å². The van der Waals surface area contributed by atoms with Crippen LogP contribution in [0.4, 0.5) is 22.7 Å². The van der Waals surface area contributed by atoms with E-state index in [0.29, 0.717) is 0 Å².